The van der Waals surface area contributed by atoms with E-state index in [-0.39, 0.29) is 10.5 Å². The molecule has 0 aliphatic rings. The van der Waals surface area contributed by atoms with Gasteiger partial charge in [0.25, 0.3) is 10.1 Å². The molecule has 0 heterocycles. The summed E-state index contributed by atoms with van der Waals surface area (Å²) in [4.78, 5) is 22.0. The van der Waals surface area contributed by atoms with Crippen molar-refractivity contribution in [2.24, 2.45) is 0 Å². The smallest absolute Gasteiger partial charge is 0.327 e. The lowest BCUT2D eigenvalue weighted by molar-refractivity contribution is -0.146. The number of esters is 2. The van der Waals surface area contributed by atoms with E-state index in [1.54, 1.807) is 0 Å². The molecule has 1 unspecified atom stereocenters. The molecule has 0 spiro atoms. The van der Waals surface area contributed by atoms with Crippen LogP contribution in [0.25, 0.3) is 0 Å². The van der Waals surface area contributed by atoms with Gasteiger partial charge in [-0.15, -0.1) is 0 Å². The molecule has 0 aromatic carbocycles. The number of methoxy groups -OCH3 is 2. The standard InChI is InChI=1S/C6H12O7SSi/c1-11-5(7)3-4(6(8)12-2)14(9,10)13-15/h4H,3H2,1-2,15H3. The van der Waals surface area contributed by atoms with E-state index in [1.807, 2.05) is 0 Å². The Bertz CT molecular complexity index is 335. The minimum absolute atomic E-state index is 0.102. The van der Waals surface area contributed by atoms with Crippen LogP contribution in [0.2, 0.25) is 0 Å². The fourth-order valence-electron chi connectivity index (χ4n) is 0.786. The van der Waals surface area contributed by atoms with Gasteiger partial charge in [0, 0.05) is 0 Å². The summed E-state index contributed by atoms with van der Waals surface area (Å²) in [5, 5.41) is -1.66. The molecule has 0 fully saturated rings. The Labute approximate surface area is 90.4 Å². The molecule has 0 amide bonds. The highest BCUT2D eigenvalue weighted by atomic mass is 32.2. The first-order chi connectivity index (χ1) is 6.88. The second-order valence-corrected chi connectivity index (χ2v) is 5.34. The predicted octanol–water partition coefficient (Wildman–Crippen LogP) is -2.28. The number of hydrogen-bond acceptors (Lipinski definition) is 7. The largest absolute Gasteiger partial charge is 0.469 e. The van der Waals surface area contributed by atoms with E-state index in [4.69, 9.17) is 0 Å². The van der Waals surface area contributed by atoms with Gasteiger partial charge in [0.1, 0.15) is 0 Å². The van der Waals surface area contributed by atoms with Gasteiger partial charge in [-0.05, 0) is 0 Å². The third-order valence-corrected chi connectivity index (χ3v) is 4.54. The van der Waals surface area contributed by atoms with Gasteiger partial charge in [-0.2, -0.15) is 8.42 Å². The van der Waals surface area contributed by atoms with Crippen molar-refractivity contribution in [1.82, 2.24) is 0 Å². The molecular weight excluding hydrogens is 244 g/mol. The van der Waals surface area contributed by atoms with Crippen molar-refractivity contribution in [3.8, 4) is 0 Å². The van der Waals surface area contributed by atoms with Crippen LogP contribution in [0.4, 0.5) is 0 Å². The lowest BCUT2D eigenvalue weighted by atomic mass is 10.3. The SMILES string of the molecule is COC(=O)CC(C(=O)OC)S(=O)(=O)O[SiH3]. The summed E-state index contributed by atoms with van der Waals surface area (Å²) in [5.74, 6) is -1.87. The van der Waals surface area contributed by atoms with Gasteiger partial charge < -0.3 is 13.3 Å². The lowest BCUT2D eigenvalue weighted by Crippen LogP contribution is -2.34. The predicted molar refractivity (Wildman–Crippen MR) is 52.4 cm³/mol. The van der Waals surface area contributed by atoms with Crippen LogP contribution in [0.5, 0.6) is 0 Å². The molecule has 9 heteroatoms. The summed E-state index contributed by atoms with van der Waals surface area (Å²) in [7, 11) is -2.08. The van der Waals surface area contributed by atoms with Crippen LogP contribution in [0.3, 0.4) is 0 Å². The van der Waals surface area contributed by atoms with E-state index >= 15 is 0 Å². The fourth-order valence-corrected chi connectivity index (χ4v) is 2.39. The van der Waals surface area contributed by atoms with Gasteiger partial charge in [-0.25, -0.2) is 0 Å². The van der Waals surface area contributed by atoms with E-state index in [0.29, 0.717) is 0 Å². The molecule has 0 aromatic rings. The number of carbonyl (C=O) groups excluding carboxylic acids is 2. The van der Waals surface area contributed by atoms with Crippen molar-refractivity contribution in [3.63, 3.8) is 0 Å². The van der Waals surface area contributed by atoms with Crippen molar-refractivity contribution in [2.75, 3.05) is 14.2 Å². The molecule has 0 N–H and O–H groups in total. The maximum atomic E-state index is 11.3. The number of hydrogen-bond donors (Lipinski definition) is 0. The quantitative estimate of drug-likeness (QED) is 0.404. The van der Waals surface area contributed by atoms with Crippen molar-refractivity contribution < 1.29 is 31.4 Å². The molecular formula is C6H12O7SSi. The number of carbonyl (C=O) groups is 2. The first-order valence-corrected chi connectivity index (χ1v) is 6.12. The van der Waals surface area contributed by atoms with Gasteiger partial charge in [-0.3, -0.25) is 9.59 Å². The summed E-state index contributed by atoms with van der Waals surface area (Å²) >= 11 is 0. The van der Waals surface area contributed by atoms with Gasteiger partial charge in [0.05, 0.1) is 20.6 Å². The van der Waals surface area contributed by atoms with E-state index in [1.165, 1.54) is 0 Å². The molecule has 0 aromatic heterocycles. The number of rotatable bonds is 5. The summed E-state index contributed by atoms with van der Waals surface area (Å²) in [6.45, 7) is 0. The Kier molecular flexibility index (Phi) is 5.47. The van der Waals surface area contributed by atoms with E-state index in [2.05, 4.69) is 13.3 Å². The maximum absolute atomic E-state index is 11.3. The minimum Gasteiger partial charge on any atom is -0.469 e. The summed E-state index contributed by atoms with van der Waals surface area (Å²) in [6.07, 6.45) is -0.617. The second-order valence-electron chi connectivity index (χ2n) is 2.45. The highest BCUT2D eigenvalue weighted by Crippen LogP contribution is 2.10. The minimum atomic E-state index is -4.09. The van der Waals surface area contributed by atoms with Crippen molar-refractivity contribution in [3.05, 3.63) is 0 Å². The van der Waals surface area contributed by atoms with Gasteiger partial charge >= 0.3 is 11.9 Å². The fraction of sp³-hybridized carbons (Fsp3) is 0.667. The van der Waals surface area contributed by atoms with Gasteiger partial charge in [-0.1, -0.05) is 0 Å². The summed E-state index contributed by atoms with van der Waals surface area (Å²) < 4.78 is 35.3. The molecule has 0 rings (SSSR count). The van der Waals surface area contributed by atoms with Crippen molar-refractivity contribution >= 4 is 32.5 Å². The Morgan fingerprint density at radius 1 is 1.27 bits per heavy atom. The third-order valence-electron chi connectivity index (χ3n) is 1.62. The molecule has 1 atom stereocenters. The Morgan fingerprint density at radius 2 is 1.80 bits per heavy atom. The summed E-state index contributed by atoms with van der Waals surface area (Å²) in [6, 6.07) is 0. The molecule has 0 saturated heterocycles. The molecule has 0 aliphatic heterocycles. The van der Waals surface area contributed by atoms with E-state index < -0.39 is 33.7 Å². The maximum Gasteiger partial charge on any atom is 0.327 e. The molecule has 7 nitrogen and oxygen atoms in total. The van der Waals surface area contributed by atoms with Crippen molar-refractivity contribution in [2.45, 2.75) is 11.7 Å². The van der Waals surface area contributed by atoms with Gasteiger partial charge in [0.15, 0.2) is 15.7 Å². The highest BCUT2D eigenvalue weighted by Gasteiger charge is 2.36. The first-order valence-electron chi connectivity index (χ1n) is 3.83. The van der Waals surface area contributed by atoms with Crippen LogP contribution in [0.15, 0.2) is 0 Å². The monoisotopic (exact) mass is 256 g/mol. The Hall–Kier alpha value is -0.933. The van der Waals surface area contributed by atoms with Crippen LogP contribution in [-0.4, -0.2) is 50.3 Å². The lowest BCUT2D eigenvalue weighted by Gasteiger charge is -2.12. The highest BCUT2D eigenvalue weighted by molar-refractivity contribution is 7.88. The third kappa shape index (κ3) is 3.97. The van der Waals surface area contributed by atoms with E-state index in [0.717, 1.165) is 14.2 Å². The van der Waals surface area contributed by atoms with Crippen LogP contribution in [-0.2, 0) is 33.1 Å². The summed E-state index contributed by atoms with van der Waals surface area (Å²) in [5.41, 5.74) is 0. The topological polar surface area (TPSA) is 96.0 Å². The second kappa shape index (κ2) is 5.83. The van der Waals surface area contributed by atoms with Gasteiger partial charge in [0.2, 0.25) is 0 Å². The average Bonchev–Trinajstić information content (AvgIpc) is 2.24. The zero-order valence-corrected chi connectivity index (χ0v) is 11.4. The average molecular weight is 256 g/mol. The Morgan fingerprint density at radius 3 is 2.13 bits per heavy atom. The first kappa shape index (κ1) is 14.1. The molecule has 0 saturated carbocycles. The molecule has 88 valence electrons. The van der Waals surface area contributed by atoms with Crippen LogP contribution < -0.4 is 0 Å². The molecule has 0 radical (unpaired) electrons. The normalized spacial score (nSPS) is 13.2. The molecule has 0 bridgehead atoms. The zero-order chi connectivity index (χ0) is 12.1. The van der Waals surface area contributed by atoms with Crippen LogP contribution in [0.1, 0.15) is 6.42 Å². The Balaban J connectivity index is 4.91. The van der Waals surface area contributed by atoms with Crippen LogP contribution in [0, 0.1) is 0 Å². The van der Waals surface area contributed by atoms with Crippen molar-refractivity contribution in [1.29, 1.82) is 0 Å². The van der Waals surface area contributed by atoms with Crippen LogP contribution >= 0.6 is 0 Å². The van der Waals surface area contributed by atoms with E-state index in [9.17, 15) is 18.0 Å². The number of ether oxygens (including phenoxy) is 2. The molecule has 0 aliphatic carbocycles. The zero-order valence-electron chi connectivity index (χ0n) is 8.55. The molecule has 15 heavy (non-hydrogen) atoms.